The number of rotatable bonds is 5. The van der Waals surface area contributed by atoms with Crippen molar-refractivity contribution in [3.63, 3.8) is 0 Å². The van der Waals surface area contributed by atoms with Gasteiger partial charge in [-0.1, -0.05) is 47.7 Å². The molecule has 3 aromatic heterocycles. The maximum atomic E-state index is 15.0. The maximum absolute atomic E-state index is 15.0. The van der Waals surface area contributed by atoms with Crippen molar-refractivity contribution in [2.75, 3.05) is 0 Å². The standard InChI is InChI=1S/C27H19FN4O3S/c1-15-25(36-27-30-19-10-4-5-11-20(19)32(15)27)23(33)21-22(17-8-2-3-9-18(17)28)31(26(35)24(21)34)14-16-7-6-12-29-13-16/h2-13,22,34H,14H2,1H3. The predicted molar refractivity (Wildman–Crippen MR) is 133 cm³/mol. The number of imidazole rings is 1. The third-order valence-electron chi connectivity index (χ3n) is 6.42. The first-order valence-corrected chi connectivity index (χ1v) is 12.1. The number of aryl methyl sites for hydroxylation is 1. The van der Waals surface area contributed by atoms with Crippen molar-refractivity contribution in [1.29, 1.82) is 0 Å². The molecule has 0 aliphatic carbocycles. The first-order valence-electron chi connectivity index (χ1n) is 11.2. The summed E-state index contributed by atoms with van der Waals surface area (Å²) in [4.78, 5) is 38.2. The predicted octanol–water partition coefficient (Wildman–Crippen LogP) is 5.17. The summed E-state index contributed by atoms with van der Waals surface area (Å²) in [7, 11) is 0. The van der Waals surface area contributed by atoms with Gasteiger partial charge in [-0.05, 0) is 36.8 Å². The molecule has 0 radical (unpaired) electrons. The van der Waals surface area contributed by atoms with Crippen LogP contribution in [0, 0.1) is 12.7 Å². The number of carbonyl (C=O) groups is 2. The highest BCUT2D eigenvalue weighted by Gasteiger charge is 2.45. The highest BCUT2D eigenvalue weighted by molar-refractivity contribution is 7.19. The number of hydrogen-bond acceptors (Lipinski definition) is 6. The normalized spacial score (nSPS) is 16.0. The molecule has 178 valence electrons. The van der Waals surface area contributed by atoms with Crippen LogP contribution in [0.15, 0.2) is 84.4 Å². The number of fused-ring (bicyclic) bond motifs is 3. The van der Waals surface area contributed by atoms with E-state index in [0.717, 1.165) is 11.0 Å². The zero-order valence-corrected chi connectivity index (χ0v) is 19.9. The number of ketones is 1. The molecule has 1 N–H and O–H groups in total. The number of aromatic nitrogens is 3. The molecule has 0 fully saturated rings. The molecule has 1 atom stereocenters. The van der Waals surface area contributed by atoms with Crippen molar-refractivity contribution >= 4 is 39.0 Å². The highest BCUT2D eigenvalue weighted by Crippen LogP contribution is 2.42. The minimum absolute atomic E-state index is 0.0455. The summed E-state index contributed by atoms with van der Waals surface area (Å²) in [6.45, 7) is 1.84. The molecule has 9 heteroatoms. The summed E-state index contributed by atoms with van der Waals surface area (Å²) in [6, 6.07) is 16.0. The zero-order valence-electron chi connectivity index (χ0n) is 19.1. The van der Waals surface area contributed by atoms with Gasteiger partial charge >= 0.3 is 0 Å². The lowest BCUT2D eigenvalue weighted by molar-refractivity contribution is -0.130. The van der Waals surface area contributed by atoms with Crippen molar-refractivity contribution in [2.45, 2.75) is 19.5 Å². The largest absolute Gasteiger partial charge is 0.503 e. The van der Waals surface area contributed by atoms with E-state index in [0.29, 0.717) is 21.1 Å². The summed E-state index contributed by atoms with van der Waals surface area (Å²) in [5.74, 6) is -2.51. The fraction of sp³-hybridized carbons (Fsp3) is 0.111. The Morgan fingerprint density at radius 1 is 1.11 bits per heavy atom. The number of amides is 1. The van der Waals surface area contributed by atoms with E-state index in [4.69, 9.17) is 0 Å². The average Bonchev–Trinajstić information content (AvgIpc) is 3.49. The second-order valence-corrected chi connectivity index (χ2v) is 9.52. The Bertz CT molecular complexity index is 1710. The van der Waals surface area contributed by atoms with E-state index < -0.39 is 29.3 Å². The molecule has 1 amide bonds. The molecule has 7 nitrogen and oxygen atoms in total. The molecule has 5 aromatic rings. The number of benzene rings is 2. The van der Waals surface area contributed by atoms with Crippen LogP contribution < -0.4 is 0 Å². The fourth-order valence-corrected chi connectivity index (χ4v) is 5.85. The summed E-state index contributed by atoms with van der Waals surface area (Å²) in [5.41, 5.74) is 2.96. The highest BCUT2D eigenvalue weighted by atomic mass is 32.1. The van der Waals surface area contributed by atoms with Gasteiger partial charge in [-0.3, -0.25) is 19.0 Å². The van der Waals surface area contributed by atoms with Crippen LogP contribution >= 0.6 is 11.3 Å². The van der Waals surface area contributed by atoms with Gasteiger partial charge in [-0.15, -0.1) is 0 Å². The Morgan fingerprint density at radius 3 is 2.67 bits per heavy atom. The molecule has 0 saturated heterocycles. The van der Waals surface area contributed by atoms with Crippen LogP contribution in [-0.2, 0) is 11.3 Å². The van der Waals surface area contributed by atoms with Crippen LogP contribution in [0.25, 0.3) is 16.0 Å². The van der Waals surface area contributed by atoms with E-state index in [1.165, 1.54) is 34.4 Å². The van der Waals surface area contributed by atoms with E-state index in [-0.39, 0.29) is 17.7 Å². The third kappa shape index (κ3) is 3.31. The lowest BCUT2D eigenvalue weighted by atomic mass is 9.94. The Kier molecular flexibility index (Phi) is 5.15. The number of carbonyl (C=O) groups excluding carboxylic acids is 2. The first-order chi connectivity index (χ1) is 17.5. The van der Waals surface area contributed by atoms with Gasteiger partial charge in [0.25, 0.3) is 5.91 Å². The second-order valence-electron chi connectivity index (χ2n) is 8.54. The molecule has 2 aromatic carbocycles. The van der Waals surface area contributed by atoms with Crippen molar-refractivity contribution < 1.29 is 19.1 Å². The molecule has 1 unspecified atom stereocenters. The van der Waals surface area contributed by atoms with Gasteiger partial charge in [0, 0.05) is 30.2 Å². The Hall–Kier alpha value is -4.37. The SMILES string of the molecule is Cc1c(C(=O)C2=C(O)C(=O)N(Cc3cccnc3)C2c2ccccc2F)sc2nc3ccccc3n12. The number of Topliss-reactive ketones (excluding diaryl/α,β-unsaturated/α-hetero) is 1. The summed E-state index contributed by atoms with van der Waals surface area (Å²) < 4.78 is 16.9. The van der Waals surface area contributed by atoms with Crippen molar-refractivity contribution in [1.82, 2.24) is 19.3 Å². The monoisotopic (exact) mass is 498 g/mol. The quantitative estimate of drug-likeness (QED) is 0.338. The van der Waals surface area contributed by atoms with E-state index in [2.05, 4.69) is 9.97 Å². The maximum Gasteiger partial charge on any atom is 0.290 e. The Morgan fingerprint density at radius 2 is 1.89 bits per heavy atom. The molecule has 36 heavy (non-hydrogen) atoms. The number of pyridine rings is 1. The van der Waals surface area contributed by atoms with Gasteiger partial charge in [0.15, 0.2) is 10.7 Å². The van der Waals surface area contributed by atoms with Gasteiger partial charge in [-0.25, -0.2) is 9.37 Å². The number of aliphatic hydroxyl groups is 1. The Balaban J connectivity index is 1.49. The van der Waals surface area contributed by atoms with Crippen LogP contribution in [0.4, 0.5) is 4.39 Å². The lowest BCUT2D eigenvalue weighted by Crippen LogP contribution is -2.31. The Labute approximate surface area is 208 Å². The van der Waals surface area contributed by atoms with Crippen LogP contribution in [0.3, 0.4) is 0 Å². The smallest absolute Gasteiger partial charge is 0.290 e. The molecule has 1 aliphatic heterocycles. The number of halogens is 1. The minimum Gasteiger partial charge on any atom is -0.503 e. The van der Waals surface area contributed by atoms with E-state index in [1.807, 2.05) is 28.7 Å². The van der Waals surface area contributed by atoms with Gasteiger partial charge in [0.2, 0.25) is 5.78 Å². The number of aliphatic hydroxyl groups excluding tert-OH is 1. The molecule has 4 heterocycles. The van der Waals surface area contributed by atoms with E-state index in [1.54, 1.807) is 37.5 Å². The van der Waals surface area contributed by atoms with E-state index >= 15 is 4.39 Å². The van der Waals surface area contributed by atoms with Crippen LogP contribution in [0.5, 0.6) is 0 Å². The topological polar surface area (TPSA) is 87.8 Å². The molecular weight excluding hydrogens is 479 g/mol. The van der Waals surface area contributed by atoms with Gasteiger partial charge in [-0.2, -0.15) is 0 Å². The van der Waals surface area contributed by atoms with Crippen LogP contribution in [0.2, 0.25) is 0 Å². The number of thiazole rings is 1. The molecular formula is C27H19FN4O3S. The fourth-order valence-electron chi connectivity index (χ4n) is 4.75. The van der Waals surface area contributed by atoms with Gasteiger partial charge in [0.1, 0.15) is 5.82 Å². The lowest BCUT2D eigenvalue weighted by Gasteiger charge is -2.27. The van der Waals surface area contributed by atoms with E-state index in [9.17, 15) is 14.7 Å². The number of para-hydroxylation sites is 2. The van der Waals surface area contributed by atoms with Crippen molar-refractivity contribution in [3.05, 3.63) is 112 Å². The molecule has 0 saturated carbocycles. The minimum atomic E-state index is -1.10. The van der Waals surface area contributed by atoms with Crippen LogP contribution in [-0.4, -0.2) is 36.1 Å². The van der Waals surface area contributed by atoms with Crippen LogP contribution in [0.1, 0.15) is 32.5 Å². The summed E-state index contributed by atoms with van der Waals surface area (Å²) in [6.07, 6.45) is 3.19. The van der Waals surface area contributed by atoms with Gasteiger partial charge in [0.05, 0.1) is 27.5 Å². The second kappa shape index (κ2) is 8.39. The van der Waals surface area contributed by atoms with Crippen molar-refractivity contribution in [3.8, 4) is 0 Å². The molecule has 0 bridgehead atoms. The molecule has 1 aliphatic rings. The number of nitrogens with zero attached hydrogens (tertiary/aromatic N) is 4. The molecule has 0 spiro atoms. The molecule has 6 rings (SSSR count). The zero-order chi connectivity index (χ0) is 25.0. The van der Waals surface area contributed by atoms with Crippen molar-refractivity contribution in [2.24, 2.45) is 0 Å². The summed E-state index contributed by atoms with van der Waals surface area (Å²) in [5, 5.41) is 11.0. The van der Waals surface area contributed by atoms with Gasteiger partial charge < -0.3 is 10.0 Å². The first kappa shape index (κ1) is 22.1. The third-order valence-corrected chi connectivity index (χ3v) is 7.56. The average molecular weight is 499 g/mol. The number of hydrogen-bond donors (Lipinski definition) is 1. The summed E-state index contributed by atoms with van der Waals surface area (Å²) >= 11 is 1.18.